The molecule has 0 amide bonds. The van der Waals surface area contributed by atoms with Crippen LogP contribution in [0.15, 0.2) is 29.3 Å². The number of benzene rings is 1. The summed E-state index contributed by atoms with van der Waals surface area (Å²) in [6.45, 7) is 7.71. The van der Waals surface area contributed by atoms with Crippen LogP contribution in [-0.2, 0) is 0 Å². The summed E-state index contributed by atoms with van der Waals surface area (Å²) in [5.41, 5.74) is 1.34. The first-order chi connectivity index (χ1) is 12.2. The van der Waals surface area contributed by atoms with Gasteiger partial charge < -0.3 is 20.3 Å². The van der Waals surface area contributed by atoms with Crippen LogP contribution in [0.1, 0.15) is 44.1 Å². The van der Waals surface area contributed by atoms with Crippen LogP contribution in [0, 0.1) is 0 Å². The van der Waals surface area contributed by atoms with E-state index in [9.17, 15) is 0 Å². The molecule has 5 nitrogen and oxygen atoms in total. The normalized spacial score (nSPS) is 16.5. The number of ether oxygens (including phenoxy) is 1. The highest BCUT2D eigenvalue weighted by molar-refractivity contribution is 14.0. The van der Waals surface area contributed by atoms with Gasteiger partial charge >= 0.3 is 0 Å². The number of aliphatic imine (C=N–C) groups is 1. The van der Waals surface area contributed by atoms with E-state index < -0.39 is 0 Å². The maximum Gasteiger partial charge on any atom is 0.191 e. The lowest BCUT2D eigenvalue weighted by Gasteiger charge is -2.26. The highest BCUT2D eigenvalue weighted by Crippen LogP contribution is 2.21. The van der Waals surface area contributed by atoms with Crippen molar-refractivity contribution in [2.45, 2.75) is 38.5 Å². The third-order valence-electron chi connectivity index (χ3n) is 4.95. The topological polar surface area (TPSA) is 48.9 Å². The molecule has 1 aliphatic heterocycles. The monoisotopic (exact) mass is 474 g/mol. The first-order valence-corrected chi connectivity index (χ1v) is 9.53. The van der Waals surface area contributed by atoms with E-state index in [0.29, 0.717) is 5.92 Å². The third-order valence-corrected chi connectivity index (χ3v) is 4.95. The lowest BCUT2D eigenvalue weighted by molar-refractivity contribution is 0.232. The van der Waals surface area contributed by atoms with Crippen LogP contribution >= 0.6 is 24.0 Å². The molecule has 1 heterocycles. The van der Waals surface area contributed by atoms with Gasteiger partial charge in [0.15, 0.2) is 5.96 Å². The molecule has 0 radical (unpaired) electrons. The fourth-order valence-electron chi connectivity index (χ4n) is 3.24. The second-order valence-corrected chi connectivity index (χ2v) is 6.79. The van der Waals surface area contributed by atoms with E-state index in [1.54, 1.807) is 7.11 Å². The molecular weight excluding hydrogens is 439 g/mol. The predicted molar refractivity (Wildman–Crippen MR) is 121 cm³/mol. The number of hydrogen-bond donors (Lipinski definition) is 2. The van der Waals surface area contributed by atoms with Gasteiger partial charge in [0.2, 0.25) is 0 Å². The number of methoxy groups -OCH3 is 1. The molecule has 0 aliphatic carbocycles. The number of hydrogen-bond acceptors (Lipinski definition) is 3. The summed E-state index contributed by atoms with van der Waals surface area (Å²) in [5, 5.41) is 6.85. The van der Waals surface area contributed by atoms with Gasteiger partial charge in [0.05, 0.1) is 7.11 Å². The van der Waals surface area contributed by atoms with Crippen molar-refractivity contribution in [2.75, 3.05) is 46.9 Å². The molecule has 1 unspecified atom stereocenters. The molecule has 1 fully saturated rings. The number of halogens is 1. The Bertz CT molecular complexity index is 515. The summed E-state index contributed by atoms with van der Waals surface area (Å²) in [5.74, 6) is 2.32. The summed E-state index contributed by atoms with van der Waals surface area (Å²) in [6, 6.07) is 8.35. The molecule has 1 atom stereocenters. The number of piperidine rings is 1. The number of rotatable bonds is 8. The van der Waals surface area contributed by atoms with Crippen LogP contribution in [0.25, 0.3) is 0 Å². The van der Waals surface area contributed by atoms with Crippen molar-refractivity contribution < 1.29 is 4.74 Å². The Labute approximate surface area is 176 Å². The maximum absolute atomic E-state index is 5.22. The van der Waals surface area contributed by atoms with Crippen LogP contribution in [-0.4, -0.2) is 57.7 Å². The quantitative estimate of drug-likeness (QED) is 0.344. The smallest absolute Gasteiger partial charge is 0.191 e. The summed E-state index contributed by atoms with van der Waals surface area (Å²) >= 11 is 0. The van der Waals surface area contributed by atoms with E-state index in [4.69, 9.17) is 4.74 Å². The molecule has 2 rings (SSSR count). The van der Waals surface area contributed by atoms with E-state index in [-0.39, 0.29) is 24.0 Å². The molecule has 6 heteroatoms. The molecule has 1 aliphatic rings. The zero-order valence-corrected chi connectivity index (χ0v) is 18.8. The SMILES string of the molecule is CN=C(NCCC(C)c1ccc(OC)cc1)NCCN1CCCCC1.I. The zero-order valence-electron chi connectivity index (χ0n) is 16.5. The fraction of sp³-hybridized carbons (Fsp3) is 0.650. The first kappa shape index (κ1) is 23.0. The maximum atomic E-state index is 5.22. The van der Waals surface area contributed by atoms with E-state index >= 15 is 0 Å². The molecule has 1 aromatic rings. The Morgan fingerprint density at radius 2 is 1.77 bits per heavy atom. The van der Waals surface area contributed by atoms with E-state index in [1.165, 1.54) is 37.9 Å². The number of likely N-dealkylation sites (tertiary alicyclic amines) is 1. The Morgan fingerprint density at radius 1 is 1.12 bits per heavy atom. The highest BCUT2D eigenvalue weighted by Gasteiger charge is 2.10. The highest BCUT2D eigenvalue weighted by atomic mass is 127. The van der Waals surface area contributed by atoms with Crippen LogP contribution in [0.3, 0.4) is 0 Å². The van der Waals surface area contributed by atoms with E-state index in [1.807, 2.05) is 19.2 Å². The van der Waals surface area contributed by atoms with Gasteiger partial charge in [-0.05, 0) is 56.0 Å². The van der Waals surface area contributed by atoms with Gasteiger partial charge in [-0.2, -0.15) is 0 Å². The van der Waals surface area contributed by atoms with Gasteiger partial charge in [-0.3, -0.25) is 4.99 Å². The van der Waals surface area contributed by atoms with Crippen LogP contribution < -0.4 is 15.4 Å². The minimum atomic E-state index is 0. The van der Waals surface area contributed by atoms with Crippen molar-refractivity contribution in [3.8, 4) is 5.75 Å². The average Bonchev–Trinajstić information content (AvgIpc) is 2.67. The molecule has 0 spiro atoms. The lowest BCUT2D eigenvalue weighted by Crippen LogP contribution is -2.43. The molecule has 1 aromatic carbocycles. The van der Waals surface area contributed by atoms with Crippen LogP contribution in [0.4, 0.5) is 0 Å². The molecule has 1 saturated heterocycles. The van der Waals surface area contributed by atoms with E-state index in [2.05, 4.69) is 39.6 Å². The Hall–Kier alpha value is -1.02. The molecule has 0 bridgehead atoms. The first-order valence-electron chi connectivity index (χ1n) is 9.53. The van der Waals surface area contributed by atoms with Crippen molar-refractivity contribution >= 4 is 29.9 Å². The third kappa shape index (κ3) is 8.12. The Morgan fingerprint density at radius 3 is 2.38 bits per heavy atom. The minimum absolute atomic E-state index is 0. The standard InChI is InChI=1S/C20H34N4O.HI/c1-17(18-7-9-19(25-3)10-8-18)11-12-22-20(21-2)23-13-16-24-14-5-4-6-15-24;/h7-10,17H,4-6,11-16H2,1-3H3,(H2,21,22,23);1H. The Balaban J connectivity index is 0.00000338. The van der Waals surface area contributed by atoms with Crippen molar-refractivity contribution in [1.29, 1.82) is 0 Å². The number of nitrogens with zero attached hydrogens (tertiary/aromatic N) is 2. The predicted octanol–water partition coefficient (Wildman–Crippen LogP) is 3.46. The van der Waals surface area contributed by atoms with Gasteiger partial charge in [-0.1, -0.05) is 25.5 Å². The van der Waals surface area contributed by atoms with Crippen molar-refractivity contribution in [3.05, 3.63) is 29.8 Å². The minimum Gasteiger partial charge on any atom is -0.497 e. The van der Waals surface area contributed by atoms with Crippen molar-refractivity contribution in [2.24, 2.45) is 4.99 Å². The number of guanidine groups is 1. The summed E-state index contributed by atoms with van der Waals surface area (Å²) in [4.78, 5) is 6.86. The van der Waals surface area contributed by atoms with Crippen LogP contribution in [0.5, 0.6) is 5.75 Å². The fourth-order valence-corrected chi connectivity index (χ4v) is 3.24. The molecule has 0 aromatic heterocycles. The van der Waals surface area contributed by atoms with Gasteiger partial charge in [-0.25, -0.2) is 0 Å². The summed E-state index contributed by atoms with van der Waals surface area (Å²) < 4.78 is 5.22. The van der Waals surface area contributed by atoms with Gasteiger partial charge in [0, 0.05) is 26.7 Å². The molecule has 148 valence electrons. The summed E-state index contributed by atoms with van der Waals surface area (Å²) in [6.07, 6.45) is 5.14. The van der Waals surface area contributed by atoms with Crippen LogP contribution in [0.2, 0.25) is 0 Å². The molecule has 0 saturated carbocycles. The molecular formula is C20H35IN4O. The lowest BCUT2D eigenvalue weighted by atomic mass is 9.98. The van der Waals surface area contributed by atoms with Gasteiger partial charge in [0.25, 0.3) is 0 Å². The zero-order chi connectivity index (χ0) is 17.9. The second kappa shape index (κ2) is 13.2. The molecule has 2 N–H and O–H groups in total. The second-order valence-electron chi connectivity index (χ2n) is 6.79. The summed E-state index contributed by atoms with van der Waals surface area (Å²) in [7, 11) is 3.54. The van der Waals surface area contributed by atoms with Gasteiger partial charge in [0.1, 0.15) is 5.75 Å². The number of nitrogens with one attached hydrogen (secondary N) is 2. The largest absolute Gasteiger partial charge is 0.497 e. The average molecular weight is 474 g/mol. The Kier molecular flexibility index (Phi) is 11.7. The van der Waals surface area contributed by atoms with Crippen molar-refractivity contribution in [1.82, 2.24) is 15.5 Å². The van der Waals surface area contributed by atoms with Gasteiger partial charge in [-0.15, -0.1) is 24.0 Å². The van der Waals surface area contributed by atoms with E-state index in [0.717, 1.165) is 37.8 Å². The molecule has 26 heavy (non-hydrogen) atoms. The van der Waals surface area contributed by atoms with Crippen molar-refractivity contribution in [3.63, 3.8) is 0 Å².